The van der Waals surface area contributed by atoms with Gasteiger partial charge in [0.05, 0.1) is 4.90 Å². The van der Waals surface area contributed by atoms with E-state index in [1.807, 2.05) is 20.8 Å². The standard InChI is InChI=1S/C18H28N2O3S/c1-4-18(2,3)19-17(21)12-9-15-7-10-16(11-8-15)24(22,23)20-13-5-6-14-20/h7-8,10-11H,4-6,9,12-14H2,1-3H3,(H,19,21). The van der Waals surface area contributed by atoms with Gasteiger partial charge in [0.2, 0.25) is 15.9 Å². The molecule has 1 N–H and O–H groups in total. The van der Waals surface area contributed by atoms with E-state index >= 15 is 0 Å². The lowest BCUT2D eigenvalue weighted by atomic mass is 10.0. The Kier molecular flexibility index (Phi) is 6.04. The molecule has 1 amide bonds. The topological polar surface area (TPSA) is 66.5 Å². The second-order valence-corrected chi connectivity index (χ2v) is 8.98. The number of nitrogens with zero attached hydrogens (tertiary/aromatic N) is 1. The first-order valence-corrected chi connectivity index (χ1v) is 10.1. The Balaban J connectivity index is 1.94. The predicted molar refractivity (Wildman–Crippen MR) is 95.3 cm³/mol. The van der Waals surface area contributed by atoms with E-state index in [0.717, 1.165) is 24.8 Å². The van der Waals surface area contributed by atoms with Crippen LogP contribution in [-0.2, 0) is 21.2 Å². The fraction of sp³-hybridized carbons (Fsp3) is 0.611. The van der Waals surface area contributed by atoms with E-state index in [4.69, 9.17) is 0 Å². The molecule has 0 aliphatic carbocycles. The fourth-order valence-electron chi connectivity index (χ4n) is 2.69. The first-order valence-electron chi connectivity index (χ1n) is 8.65. The van der Waals surface area contributed by atoms with Crippen LogP contribution in [0.15, 0.2) is 29.2 Å². The number of benzene rings is 1. The number of amides is 1. The zero-order valence-electron chi connectivity index (χ0n) is 14.8. The van der Waals surface area contributed by atoms with Crippen LogP contribution in [0.25, 0.3) is 0 Å². The normalized spacial score (nSPS) is 16.3. The molecule has 24 heavy (non-hydrogen) atoms. The Labute approximate surface area is 145 Å². The minimum absolute atomic E-state index is 0.0237. The van der Waals surface area contributed by atoms with E-state index < -0.39 is 10.0 Å². The van der Waals surface area contributed by atoms with E-state index in [1.54, 1.807) is 28.6 Å². The molecule has 6 heteroatoms. The van der Waals surface area contributed by atoms with Crippen molar-refractivity contribution in [1.29, 1.82) is 0 Å². The third kappa shape index (κ3) is 4.80. The van der Waals surface area contributed by atoms with Crippen LogP contribution in [-0.4, -0.2) is 37.3 Å². The summed E-state index contributed by atoms with van der Waals surface area (Å²) in [6.07, 6.45) is 3.75. The van der Waals surface area contributed by atoms with Crippen LogP contribution in [0.3, 0.4) is 0 Å². The van der Waals surface area contributed by atoms with Crippen molar-refractivity contribution in [2.24, 2.45) is 0 Å². The van der Waals surface area contributed by atoms with Crippen LogP contribution in [0.4, 0.5) is 0 Å². The highest BCUT2D eigenvalue weighted by atomic mass is 32.2. The molecule has 0 saturated carbocycles. The lowest BCUT2D eigenvalue weighted by Gasteiger charge is -2.24. The van der Waals surface area contributed by atoms with Crippen molar-refractivity contribution in [3.05, 3.63) is 29.8 Å². The maximum Gasteiger partial charge on any atom is 0.243 e. The first kappa shape index (κ1) is 18.9. The SMILES string of the molecule is CCC(C)(C)NC(=O)CCc1ccc(S(=O)(=O)N2CCCC2)cc1. The van der Waals surface area contributed by atoms with Crippen molar-refractivity contribution in [3.8, 4) is 0 Å². The molecular formula is C18H28N2O3S. The number of carbonyl (C=O) groups excluding carboxylic acids is 1. The minimum Gasteiger partial charge on any atom is -0.351 e. The summed E-state index contributed by atoms with van der Waals surface area (Å²) in [5.41, 5.74) is 0.782. The van der Waals surface area contributed by atoms with Gasteiger partial charge in [-0.1, -0.05) is 19.1 Å². The van der Waals surface area contributed by atoms with Gasteiger partial charge in [-0.15, -0.1) is 0 Å². The number of hydrogen-bond donors (Lipinski definition) is 1. The van der Waals surface area contributed by atoms with E-state index in [0.29, 0.717) is 30.8 Å². The molecule has 1 aromatic rings. The zero-order valence-corrected chi connectivity index (χ0v) is 15.7. The highest BCUT2D eigenvalue weighted by Gasteiger charge is 2.26. The van der Waals surface area contributed by atoms with Crippen LogP contribution >= 0.6 is 0 Å². The van der Waals surface area contributed by atoms with Gasteiger partial charge in [0, 0.05) is 25.0 Å². The van der Waals surface area contributed by atoms with Crippen molar-refractivity contribution in [3.63, 3.8) is 0 Å². The molecule has 0 atom stereocenters. The predicted octanol–water partition coefficient (Wildman–Crippen LogP) is 2.71. The van der Waals surface area contributed by atoms with Gasteiger partial charge in [-0.2, -0.15) is 4.31 Å². The van der Waals surface area contributed by atoms with Crippen molar-refractivity contribution in [1.82, 2.24) is 9.62 Å². The summed E-state index contributed by atoms with van der Waals surface area (Å²) < 4.78 is 26.5. The number of hydrogen-bond acceptors (Lipinski definition) is 3. The molecule has 0 aromatic heterocycles. The Bertz CT molecular complexity index is 660. The quantitative estimate of drug-likeness (QED) is 0.820. The molecule has 2 rings (SSSR count). The molecule has 1 aliphatic rings. The molecule has 0 unspecified atom stereocenters. The fourth-order valence-corrected chi connectivity index (χ4v) is 4.21. The Morgan fingerprint density at radius 2 is 1.75 bits per heavy atom. The molecule has 1 aromatic carbocycles. The second kappa shape index (κ2) is 7.66. The van der Waals surface area contributed by atoms with E-state index in [9.17, 15) is 13.2 Å². The first-order chi connectivity index (χ1) is 11.2. The van der Waals surface area contributed by atoms with Gasteiger partial charge in [0.25, 0.3) is 0 Å². The molecule has 0 bridgehead atoms. The van der Waals surface area contributed by atoms with Gasteiger partial charge in [0.1, 0.15) is 0 Å². The van der Waals surface area contributed by atoms with Gasteiger partial charge in [-0.25, -0.2) is 8.42 Å². The summed E-state index contributed by atoms with van der Waals surface area (Å²) in [4.78, 5) is 12.3. The third-order valence-electron chi connectivity index (χ3n) is 4.63. The summed E-state index contributed by atoms with van der Waals surface area (Å²) in [6, 6.07) is 6.91. The molecule has 1 fully saturated rings. The largest absolute Gasteiger partial charge is 0.351 e. The molecule has 0 spiro atoms. The summed E-state index contributed by atoms with van der Waals surface area (Å²) in [7, 11) is -3.36. The number of nitrogens with one attached hydrogen (secondary N) is 1. The van der Waals surface area contributed by atoms with Crippen LogP contribution in [0.1, 0.15) is 52.0 Å². The van der Waals surface area contributed by atoms with Crippen molar-refractivity contribution in [2.45, 2.75) is 63.3 Å². The monoisotopic (exact) mass is 352 g/mol. The van der Waals surface area contributed by atoms with Crippen LogP contribution < -0.4 is 5.32 Å². The van der Waals surface area contributed by atoms with Crippen molar-refractivity contribution >= 4 is 15.9 Å². The van der Waals surface area contributed by atoms with Crippen LogP contribution in [0, 0.1) is 0 Å². The smallest absolute Gasteiger partial charge is 0.243 e. The molecule has 134 valence electrons. The van der Waals surface area contributed by atoms with Crippen molar-refractivity contribution in [2.75, 3.05) is 13.1 Å². The molecule has 1 saturated heterocycles. The molecule has 5 nitrogen and oxygen atoms in total. The Morgan fingerprint density at radius 1 is 1.17 bits per heavy atom. The summed E-state index contributed by atoms with van der Waals surface area (Å²) in [5.74, 6) is 0.0237. The lowest BCUT2D eigenvalue weighted by molar-refractivity contribution is -0.122. The molecule has 1 heterocycles. The van der Waals surface area contributed by atoms with E-state index in [2.05, 4.69) is 5.32 Å². The number of carbonyl (C=O) groups is 1. The minimum atomic E-state index is -3.36. The van der Waals surface area contributed by atoms with Gasteiger partial charge >= 0.3 is 0 Å². The maximum atomic E-state index is 12.5. The Hall–Kier alpha value is -1.40. The van der Waals surface area contributed by atoms with Gasteiger partial charge in [0.15, 0.2) is 0 Å². The average Bonchev–Trinajstić information content (AvgIpc) is 3.08. The zero-order chi connectivity index (χ0) is 17.8. The van der Waals surface area contributed by atoms with Gasteiger partial charge in [-0.05, 0) is 57.2 Å². The van der Waals surface area contributed by atoms with E-state index in [-0.39, 0.29) is 11.4 Å². The van der Waals surface area contributed by atoms with Crippen LogP contribution in [0.2, 0.25) is 0 Å². The summed E-state index contributed by atoms with van der Waals surface area (Å²) >= 11 is 0. The maximum absolute atomic E-state index is 12.5. The highest BCUT2D eigenvalue weighted by Crippen LogP contribution is 2.21. The second-order valence-electron chi connectivity index (χ2n) is 7.04. The third-order valence-corrected chi connectivity index (χ3v) is 6.54. The summed E-state index contributed by atoms with van der Waals surface area (Å²) in [5, 5.41) is 3.01. The van der Waals surface area contributed by atoms with Gasteiger partial charge < -0.3 is 5.32 Å². The van der Waals surface area contributed by atoms with Crippen LogP contribution in [0.5, 0.6) is 0 Å². The Morgan fingerprint density at radius 3 is 2.29 bits per heavy atom. The average molecular weight is 353 g/mol. The van der Waals surface area contributed by atoms with E-state index in [1.165, 1.54) is 0 Å². The molecule has 0 radical (unpaired) electrons. The number of aryl methyl sites for hydroxylation is 1. The number of rotatable bonds is 7. The van der Waals surface area contributed by atoms with Gasteiger partial charge in [-0.3, -0.25) is 4.79 Å². The molecule has 1 aliphatic heterocycles. The lowest BCUT2D eigenvalue weighted by Crippen LogP contribution is -2.42. The number of sulfonamides is 1. The highest BCUT2D eigenvalue weighted by molar-refractivity contribution is 7.89. The van der Waals surface area contributed by atoms with Crippen molar-refractivity contribution < 1.29 is 13.2 Å². The summed E-state index contributed by atoms with van der Waals surface area (Å²) in [6.45, 7) is 7.26. The molecular weight excluding hydrogens is 324 g/mol.